The third kappa shape index (κ3) is 11.5. The molecule has 2 aliphatic heterocycles. The summed E-state index contributed by atoms with van der Waals surface area (Å²) in [7, 11) is 0. The number of rotatable bonds is 5. The van der Waals surface area contributed by atoms with E-state index in [0.717, 1.165) is 24.3 Å². The summed E-state index contributed by atoms with van der Waals surface area (Å²) in [6, 6.07) is 18.5. The summed E-state index contributed by atoms with van der Waals surface area (Å²) in [5.74, 6) is 6.40. The molecule has 2 aliphatic rings. The first-order valence-corrected chi connectivity index (χ1v) is 15.2. The Morgan fingerprint density at radius 3 is 1.43 bits per heavy atom. The Kier molecular flexibility index (Phi) is 13.0. The van der Waals surface area contributed by atoms with Crippen molar-refractivity contribution in [3.8, 4) is 23.7 Å². The van der Waals surface area contributed by atoms with Crippen molar-refractivity contribution in [1.29, 1.82) is 0 Å². The Bertz CT molecular complexity index is 1970. The third-order valence-corrected chi connectivity index (χ3v) is 7.20. The van der Waals surface area contributed by atoms with Gasteiger partial charge in [0.05, 0.1) is 49.7 Å². The first-order chi connectivity index (χ1) is 24.3. The van der Waals surface area contributed by atoms with Crippen LogP contribution in [0.4, 0.5) is 26.3 Å². The number of amides is 1. The lowest BCUT2D eigenvalue weighted by Gasteiger charge is -2.33. The summed E-state index contributed by atoms with van der Waals surface area (Å²) in [5.41, 5.74) is 4.14. The van der Waals surface area contributed by atoms with Gasteiger partial charge in [0.2, 0.25) is 0 Å². The Balaban J connectivity index is 0.000000197. The fourth-order valence-electron chi connectivity index (χ4n) is 4.07. The van der Waals surface area contributed by atoms with Gasteiger partial charge < -0.3 is 25.6 Å². The van der Waals surface area contributed by atoms with Crippen molar-refractivity contribution in [2.75, 3.05) is 39.5 Å². The van der Waals surface area contributed by atoms with Crippen molar-refractivity contribution in [2.24, 2.45) is 5.73 Å². The molecule has 2 heterocycles. The molecule has 2 fully saturated rings. The molecule has 51 heavy (non-hydrogen) atoms. The molecule has 264 valence electrons. The minimum absolute atomic E-state index is 0.0122. The number of carbonyl (C=O) groups is 2. The maximum atomic E-state index is 13.8. The van der Waals surface area contributed by atoms with Crippen LogP contribution in [0.3, 0.4) is 0 Å². The van der Waals surface area contributed by atoms with E-state index in [-0.39, 0.29) is 56.2 Å². The molecule has 13 heteroatoms. The van der Waals surface area contributed by atoms with E-state index >= 15 is 0 Å². The third-order valence-electron chi connectivity index (χ3n) is 7.20. The summed E-state index contributed by atoms with van der Waals surface area (Å²) in [5, 5.41) is 11.2. The second-order valence-electron chi connectivity index (χ2n) is 11.4. The van der Waals surface area contributed by atoms with Crippen LogP contribution in [0.1, 0.15) is 43.0 Å². The molecule has 0 aliphatic carbocycles. The van der Waals surface area contributed by atoms with Crippen LogP contribution in [0.25, 0.3) is 0 Å². The van der Waals surface area contributed by atoms with Crippen LogP contribution in [0.2, 0.25) is 0 Å². The van der Waals surface area contributed by atoms with Crippen molar-refractivity contribution in [1.82, 2.24) is 5.32 Å². The number of carboxylic acid groups (broad SMARTS) is 1. The van der Waals surface area contributed by atoms with Gasteiger partial charge in [-0.15, -0.1) is 0 Å². The minimum atomic E-state index is -1.49. The number of alkyl halides is 2. The Morgan fingerprint density at radius 2 is 1.10 bits per heavy atom. The average Bonchev–Trinajstić information content (AvgIpc) is 3.09. The van der Waals surface area contributed by atoms with Crippen molar-refractivity contribution in [3.05, 3.63) is 142 Å². The summed E-state index contributed by atoms with van der Waals surface area (Å²) < 4.78 is 87.8. The SMILES string of the molecule is NCC1(F)COC1.O=C(NCC1(F)COC1)c1ccc(C#Cc2ccc(F)cc2F)cc1.O=C(O)c1ccc(C#Cc2ccc(F)cc2F)cc1. The highest BCUT2D eigenvalue weighted by atomic mass is 19.2. The molecule has 0 unspecified atom stereocenters. The normalized spacial score (nSPS) is 14.5. The second-order valence-corrected chi connectivity index (χ2v) is 11.4. The minimum Gasteiger partial charge on any atom is -0.478 e. The first-order valence-electron chi connectivity index (χ1n) is 15.2. The molecule has 0 radical (unpaired) electrons. The Hall–Kier alpha value is -5.60. The Morgan fingerprint density at radius 1 is 0.667 bits per heavy atom. The van der Waals surface area contributed by atoms with E-state index in [2.05, 4.69) is 33.7 Å². The number of aromatic carboxylic acids is 1. The van der Waals surface area contributed by atoms with Gasteiger partial charge in [-0.3, -0.25) is 4.79 Å². The summed E-state index contributed by atoms with van der Waals surface area (Å²) in [6.45, 7) is 0.334. The first kappa shape index (κ1) is 38.2. The number of carbonyl (C=O) groups excluding carboxylic acids is 1. The Labute approximate surface area is 289 Å². The highest BCUT2D eigenvalue weighted by Crippen LogP contribution is 2.21. The van der Waals surface area contributed by atoms with Crippen LogP contribution in [0.15, 0.2) is 84.9 Å². The predicted octanol–water partition coefficient (Wildman–Crippen LogP) is 5.58. The van der Waals surface area contributed by atoms with Crippen molar-refractivity contribution in [3.63, 3.8) is 0 Å². The van der Waals surface area contributed by atoms with Crippen LogP contribution in [-0.4, -0.2) is 67.8 Å². The molecule has 0 aromatic heterocycles. The van der Waals surface area contributed by atoms with E-state index in [1.54, 1.807) is 24.3 Å². The number of nitrogens with one attached hydrogen (secondary N) is 1. The van der Waals surface area contributed by atoms with Gasteiger partial charge in [0, 0.05) is 35.4 Å². The van der Waals surface area contributed by atoms with E-state index < -0.39 is 46.5 Å². The van der Waals surface area contributed by atoms with Gasteiger partial charge in [0.1, 0.15) is 23.3 Å². The highest BCUT2D eigenvalue weighted by molar-refractivity contribution is 5.94. The lowest BCUT2D eigenvalue weighted by atomic mass is 10.0. The molecule has 7 nitrogen and oxygen atoms in total. The zero-order chi connectivity index (χ0) is 37.0. The van der Waals surface area contributed by atoms with Crippen LogP contribution < -0.4 is 11.1 Å². The fraction of sp³-hybridized carbons (Fsp3) is 0.211. The van der Waals surface area contributed by atoms with E-state index in [1.165, 1.54) is 36.4 Å². The van der Waals surface area contributed by atoms with Gasteiger partial charge in [-0.1, -0.05) is 23.7 Å². The molecule has 2 saturated heterocycles. The average molecular weight is 709 g/mol. The van der Waals surface area contributed by atoms with Crippen molar-refractivity contribution in [2.45, 2.75) is 11.3 Å². The fourth-order valence-corrected chi connectivity index (χ4v) is 4.07. The molecule has 4 N–H and O–H groups in total. The molecular formula is C38H30F6N2O5. The van der Waals surface area contributed by atoms with Crippen molar-refractivity contribution >= 4 is 11.9 Å². The monoisotopic (exact) mass is 708 g/mol. The zero-order valence-electron chi connectivity index (χ0n) is 26.8. The van der Waals surface area contributed by atoms with Gasteiger partial charge in [-0.2, -0.15) is 0 Å². The second kappa shape index (κ2) is 17.4. The van der Waals surface area contributed by atoms with E-state index in [0.29, 0.717) is 16.7 Å². The van der Waals surface area contributed by atoms with Gasteiger partial charge >= 0.3 is 5.97 Å². The molecule has 0 saturated carbocycles. The molecule has 4 aromatic carbocycles. The largest absolute Gasteiger partial charge is 0.478 e. The number of nitrogens with two attached hydrogens (primary N) is 1. The van der Waals surface area contributed by atoms with E-state index in [9.17, 15) is 35.9 Å². The van der Waals surface area contributed by atoms with Gasteiger partial charge in [-0.05, 0) is 72.8 Å². The van der Waals surface area contributed by atoms with Crippen LogP contribution in [-0.2, 0) is 9.47 Å². The standard InChI is InChI=1S/C19H14F3NO2.C15H8F2O2.C4H8FNO/c20-16-8-7-14(17(21)9-16)4-1-13-2-5-15(6-3-13)18(24)23-10-19(22)11-25-12-19;16-13-8-7-11(14(17)9-13)4-1-10-2-5-12(6-3-10)15(18)19;5-4(1-6)2-7-3-4/h2-3,5-9H,10-12H2,(H,23,24);2-3,5-9H,(H,18,19);1-3,6H2. The lowest BCUT2D eigenvalue weighted by molar-refractivity contribution is -0.126. The van der Waals surface area contributed by atoms with E-state index in [1.807, 2.05) is 0 Å². The number of ether oxygens (including phenoxy) is 2. The van der Waals surface area contributed by atoms with Gasteiger partial charge in [0.25, 0.3) is 5.91 Å². The van der Waals surface area contributed by atoms with Crippen LogP contribution in [0.5, 0.6) is 0 Å². The smallest absolute Gasteiger partial charge is 0.335 e. The van der Waals surface area contributed by atoms with Crippen LogP contribution >= 0.6 is 0 Å². The van der Waals surface area contributed by atoms with E-state index in [4.69, 9.17) is 15.6 Å². The van der Waals surface area contributed by atoms with Crippen LogP contribution in [0, 0.1) is 47.0 Å². The summed E-state index contributed by atoms with van der Waals surface area (Å²) in [4.78, 5) is 22.6. The molecule has 1 amide bonds. The molecule has 0 spiro atoms. The highest BCUT2D eigenvalue weighted by Gasteiger charge is 2.39. The maximum absolute atomic E-state index is 13.8. The maximum Gasteiger partial charge on any atom is 0.335 e. The number of halogens is 6. The number of hydrogen-bond acceptors (Lipinski definition) is 5. The molecule has 0 bridgehead atoms. The van der Waals surface area contributed by atoms with Gasteiger partial charge in [0.15, 0.2) is 11.3 Å². The molecular weight excluding hydrogens is 678 g/mol. The zero-order valence-corrected chi connectivity index (χ0v) is 26.8. The van der Waals surface area contributed by atoms with Crippen molar-refractivity contribution < 1.29 is 50.5 Å². The topological polar surface area (TPSA) is 111 Å². The van der Waals surface area contributed by atoms with Gasteiger partial charge in [-0.25, -0.2) is 31.1 Å². The number of carboxylic acids is 1. The lowest BCUT2D eigenvalue weighted by Crippen LogP contribution is -2.53. The molecule has 6 rings (SSSR count). The molecule has 0 atom stereocenters. The quantitative estimate of drug-likeness (QED) is 0.185. The number of benzene rings is 4. The molecule has 4 aromatic rings. The summed E-state index contributed by atoms with van der Waals surface area (Å²) in [6.07, 6.45) is 0. The number of hydrogen-bond donors (Lipinski definition) is 3. The summed E-state index contributed by atoms with van der Waals surface area (Å²) >= 11 is 0. The predicted molar refractivity (Wildman–Crippen MR) is 175 cm³/mol.